The zero-order valence-electron chi connectivity index (χ0n) is 17.9. The highest BCUT2D eigenvalue weighted by Gasteiger charge is 2.26. The van der Waals surface area contributed by atoms with Gasteiger partial charge in [-0.2, -0.15) is 0 Å². The van der Waals surface area contributed by atoms with Gasteiger partial charge in [-0.3, -0.25) is 14.5 Å². The lowest BCUT2D eigenvalue weighted by molar-refractivity contribution is -0.130. The third kappa shape index (κ3) is 4.97. The summed E-state index contributed by atoms with van der Waals surface area (Å²) in [7, 11) is 1.30. The number of ketones is 1. The number of carbonyl (C=O) groups is 3. The number of aromatic nitrogens is 1. The summed E-state index contributed by atoms with van der Waals surface area (Å²) in [6.07, 6.45) is 0.933. The standard InChI is InChI=1S/C23H29N3O4/c1-16-21(23(29)30-3)19(24-22(16)17(2)27)14-20(28)26-11-7-10-25(12-13-26)15-18-8-5-4-6-9-18/h4-6,8-9,24H,7,10-15H2,1-3H3. The van der Waals surface area contributed by atoms with Crippen LogP contribution in [0.5, 0.6) is 0 Å². The van der Waals surface area contributed by atoms with Crippen molar-refractivity contribution < 1.29 is 19.1 Å². The van der Waals surface area contributed by atoms with Crippen LogP contribution >= 0.6 is 0 Å². The lowest BCUT2D eigenvalue weighted by Crippen LogP contribution is -2.36. The molecule has 1 amide bonds. The SMILES string of the molecule is COC(=O)c1c(CC(=O)N2CCCN(Cc3ccccc3)CC2)[nH]c(C(C)=O)c1C. The molecule has 0 aliphatic carbocycles. The van der Waals surface area contributed by atoms with Crippen LogP contribution in [0.1, 0.15) is 51.0 Å². The van der Waals surface area contributed by atoms with Gasteiger partial charge in [0.05, 0.1) is 24.8 Å². The second kappa shape index (κ2) is 9.71. The highest BCUT2D eigenvalue weighted by atomic mass is 16.5. The molecular formula is C23H29N3O4. The van der Waals surface area contributed by atoms with Gasteiger partial charge in [-0.15, -0.1) is 0 Å². The molecule has 1 aliphatic heterocycles. The highest BCUT2D eigenvalue weighted by Crippen LogP contribution is 2.21. The van der Waals surface area contributed by atoms with Crippen molar-refractivity contribution >= 4 is 17.7 Å². The molecule has 0 atom stereocenters. The molecule has 160 valence electrons. The van der Waals surface area contributed by atoms with Crippen molar-refractivity contribution in [3.8, 4) is 0 Å². The fraction of sp³-hybridized carbons (Fsp3) is 0.435. The third-order valence-electron chi connectivity index (χ3n) is 5.59. The van der Waals surface area contributed by atoms with Crippen molar-refractivity contribution in [1.29, 1.82) is 0 Å². The van der Waals surface area contributed by atoms with Gasteiger partial charge in [0, 0.05) is 45.3 Å². The fourth-order valence-electron chi connectivity index (χ4n) is 4.00. The maximum Gasteiger partial charge on any atom is 0.339 e. The molecule has 1 saturated heterocycles. The van der Waals surface area contributed by atoms with E-state index < -0.39 is 5.97 Å². The molecule has 30 heavy (non-hydrogen) atoms. The first kappa shape index (κ1) is 21.8. The zero-order chi connectivity index (χ0) is 21.7. The van der Waals surface area contributed by atoms with E-state index in [1.807, 2.05) is 23.1 Å². The number of nitrogens with one attached hydrogen (secondary N) is 1. The van der Waals surface area contributed by atoms with E-state index in [1.165, 1.54) is 19.6 Å². The Hall–Kier alpha value is -2.93. The molecule has 0 radical (unpaired) electrons. The molecule has 2 aromatic rings. The molecule has 2 heterocycles. The van der Waals surface area contributed by atoms with E-state index >= 15 is 0 Å². The van der Waals surface area contributed by atoms with Crippen LogP contribution in [0, 0.1) is 6.92 Å². The van der Waals surface area contributed by atoms with Crippen LogP contribution in [-0.4, -0.2) is 65.7 Å². The van der Waals surface area contributed by atoms with Crippen LogP contribution in [-0.2, 0) is 22.5 Å². The monoisotopic (exact) mass is 411 g/mol. The Labute approximate surface area is 177 Å². The van der Waals surface area contributed by atoms with Crippen molar-refractivity contribution in [1.82, 2.24) is 14.8 Å². The first-order valence-corrected chi connectivity index (χ1v) is 10.3. The van der Waals surface area contributed by atoms with E-state index in [9.17, 15) is 14.4 Å². The van der Waals surface area contributed by atoms with Crippen LogP contribution in [0.2, 0.25) is 0 Å². The molecule has 0 bridgehead atoms. The average molecular weight is 412 g/mol. The Balaban J connectivity index is 1.68. The van der Waals surface area contributed by atoms with Crippen molar-refractivity contribution in [2.24, 2.45) is 0 Å². The molecule has 0 saturated carbocycles. The van der Waals surface area contributed by atoms with Gasteiger partial charge in [0.15, 0.2) is 5.78 Å². The van der Waals surface area contributed by atoms with E-state index in [0.29, 0.717) is 30.0 Å². The molecule has 1 aromatic carbocycles. The molecule has 1 fully saturated rings. The minimum atomic E-state index is -0.538. The number of esters is 1. The molecule has 1 N–H and O–H groups in total. The lowest BCUT2D eigenvalue weighted by Gasteiger charge is -2.22. The van der Waals surface area contributed by atoms with Gasteiger partial charge in [-0.1, -0.05) is 30.3 Å². The van der Waals surface area contributed by atoms with Crippen molar-refractivity contribution in [3.63, 3.8) is 0 Å². The largest absolute Gasteiger partial charge is 0.465 e. The van der Waals surface area contributed by atoms with E-state index in [4.69, 9.17) is 4.74 Å². The molecule has 0 spiro atoms. The number of methoxy groups -OCH3 is 1. The molecule has 7 heteroatoms. The first-order chi connectivity index (χ1) is 14.4. The van der Waals surface area contributed by atoms with E-state index in [1.54, 1.807) is 6.92 Å². The molecular weight excluding hydrogens is 382 g/mol. The number of benzene rings is 1. The van der Waals surface area contributed by atoms with Gasteiger partial charge in [0.1, 0.15) is 0 Å². The number of hydrogen-bond donors (Lipinski definition) is 1. The topological polar surface area (TPSA) is 82.7 Å². The normalized spacial score (nSPS) is 15.0. The summed E-state index contributed by atoms with van der Waals surface area (Å²) in [5, 5.41) is 0. The summed E-state index contributed by atoms with van der Waals surface area (Å²) >= 11 is 0. The number of rotatable bonds is 6. The van der Waals surface area contributed by atoms with Crippen molar-refractivity contribution in [2.45, 2.75) is 33.2 Å². The predicted molar refractivity (Wildman–Crippen MR) is 113 cm³/mol. The minimum Gasteiger partial charge on any atom is -0.465 e. The summed E-state index contributed by atoms with van der Waals surface area (Å²) in [5.74, 6) is -0.773. The van der Waals surface area contributed by atoms with Gasteiger partial charge in [-0.25, -0.2) is 4.79 Å². The Morgan fingerprint density at radius 3 is 2.47 bits per heavy atom. The molecule has 1 aliphatic rings. The fourth-order valence-corrected chi connectivity index (χ4v) is 4.00. The highest BCUT2D eigenvalue weighted by molar-refractivity contribution is 6.01. The van der Waals surface area contributed by atoms with E-state index in [2.05, 4.69) is 22.0 Å². The number of ether oxygens (including phenoxy) is 1. The summed E-state index contributed by atoms with van der Waals surface area (Å²) in [6, 6.07) is 10.3. The van der Waals surface area contributed by atoms with Crippen LogP contribution < -0.4 is 0 Å². The molecule has 7 nitrogen and oxygen atoms in total. The van der Waals surface area contributed by atoms with Gasteiger partial charge in [0.2, 0.25) is 5.91 Å². The van der Waals surface area contributed by atoms with Gasteiger partial charge < -0.3 is 14.6 Å². The Kier molecular flexibility index (Phi) is 7.05. The maximum absolute atomic E-state index is 13.0. The molecule has 1 aromatic heterocycles. The number of aromatic amines is 1. The molecule has 0 unspecified atom stereocenters. The van der Waals surface area contributed by atoms with Gasteiger partial charge >= 0.3 is 5.97 Å². The second-order valence-electron chi connectivity index (χ2n) is 7.70. The number of amides is 1. The Morgan fingerprint density at radius 1 is 1.07 bits per heavy atom. The quantitative estimate of drug-likeness (QED) is 0.584. The first-order valence-electron chi connectivity index (χ1n) is 10.3. The number of H-pyrrole nitrogens is 1. The van der Waals surface area contributed by atoms with Crippen molar-refractivity contribution in [3.05, 3.63) is 58.4 Å². The van der Waals surface area contributed by atoms with Crippen LogP contribution in [0.15, 0.2) is 30.3 Å². The molecule has 3 rings (SSSR count). The average Bonchev–Trinajstić information content (AvgIpc) is 2.89. The van der Waals surface area contributed by atoms with Crippen LogP contribution in [0.3, 0.4) is 0 Å². The van der Waals surface area contributed by atoms with Gasteiger partial charge in [0.25, 0.3) is 0 Å². The Bertz CT molecular complexity index is 920. The van der Waals surface area contributed by atoms with Crippen LogP contribution in [0.4, 0.5) is 0 Å². The van der Waals surface area contributed by atoms with Crippen molar-refractivity contribution in [2.75, 3.05) is 33.3 Å². The van der Waals surface area contributed by atoms with Gasteiger partial charge in [-0.05, 0) is 24.5 Å². The minimum absolute atomic E-state index is 0.0389. The van der Waals surface area contributed by atoms with E-state index in [0.717, 1.165) is 26.1 Å². The third-order valence-corrected chi connectivity index (χ3v) is 5.59. The summed E-state index contributed by atoms with van der Waals surface area (Å²) in [4.78, 5) is 44.3. The summed E-state index contributed by atoms with van der Waals surface area (Å²) in [5.41, 5.74) is 2.88. The number of hydrogen-bond acceptors (Lipinski definition) is 5. The van der Waals surface area contributed by atoms with E-state index in [-0.39, 0.29) is 23.7 Å². The predicted octanol–water partition coefficient (Wildman–Crippen LogP) is 2.59. The number of Topliss-reactive ketones (excluding diaryl/α,β-unsaturated/α-hetero) is 1. The zero-order valence-corrected chi connectivity index (χ0v) is 17.9. The number of nitrogens with zero attached hydrogens (tertiary/aromatic N) is 2. The second-order valence-corrected chi connectivity index (χ2v) is 7.70. The summed E-state index contributed by atoms with van der Waals surface area (Å²) in [6.45, 7) is 7.04. The van der Waals surface area contributed by atoms with Crippen LogP contribution in [0.25, 0.3) is 0 Å². The Morgan fingerprint density at radius 2 is 1.80 bits per heavy atom. The maximum atomic E-state index is 13.0. The lowest BCUT2D eigenvalue weighted by atomic mass is 10.1. The smallest absolute Gasteiger partial charge is 0.339 e. The summed E-state index contributed by atoms with van der Waals surface area (Å²) < 4.78 is 4.87. The number of carbonyl (C=O) groups excluding carboxylic acids is 3.